The molecule has 0 aromatic heterocycles. The zero-order chi connectivity index (χ0) is 40.6. The van der Waals surface area contributed by atoms with Crippen LogP contribution in [-0.4, -0.2) is 89.2 Å². The van der Waals surface area contributed by atoms with Crippen molar-refractivity contribution in [1.82, 2.24) is 0 Å². The summed E-state index contributed by atoms with van der Waals surface area (Å²) < 4.78 is 30.6. The molecule has 0 aromatic rings. The Morgan fingerprint density at radius 1 is 1.02 bits per heavy atom. The first-order valence-corrected chi connectivity index (χ1v) is 20.6. The summed E-state index contributed by atoms with van der Waals surface area (Å²) >= 11 is 0. The van der Waals surface area contributed by atoms with Gasteiger partial charge in [0.15, 0.2) is 5.79 Å². The van der Waals surface area contributed by atoms with E-state index in [9.17, 15) is 29.7 Å². The van der Waals surface area contributed by atoms with E-state index in [1.807, 2.05) is 26.0 Å². The van der Waals surface area contributed by atoms with Crippen LogP contribution in [0.3, 0.4) is 0 Å². The Morgan fingerprint density at radius 3 is 2.41 bits per heavy atom. The van der Waals surface area contributed by atoms with Gasteiger partial charge in [0, 0.05) is 81.6 Å². The number of aliphatic hydroxyl groups excluding tert-OH is 2. The van der Waals surface area contributed by atoms with Crippen LogP contribution in [0.4, 0.5) is 0 Å². The summed E-state index contributed by atoms with van der Waals surface area (Å²) in [6.45, 7) is 16.1. The zero-order valence-electron chi connectivity index (χ0n) is 35.1. The molecule has 1 radical (unpaired) electrons. The molecule has 0 amide bonds. The van der Waals surface area contributed by atoms with Gasteiger partial charge in [-0.2, -0.15) is 6.10 Å². The van der Waals surface area contributed by atoms with E-state index < -0.39 is 54.0 Å². The van der Waals surface area contributed by atoms with Crippen molar-refractivity contribution in [3.63, 3.8) is 0 Å². The molecule has 3 fully saturated rings. The summed E-state index contributed by atoms with van der Waals surface area (Å²) in [6, 6.07) is 0. The maximum Gasteiger partial charge on any atom is 0.330 e. The zero-order valence-corrected chi connectivity index (χ0v) is 37.9. The van der Waals surface area contributed by atoms with Gasteiger partial charge in [0.25, 0.3) is 0 Å². The number of hydrogen-bond acceptors (Lipinski definition) is 11. The number of carbonyl (C=O) groups excluding carboxylic acids is 3. The van der Waals surface area contributed by atoms with Gasteiger partial charge in [-0.15, -0.1) is 11.8 Å². The van der Waals surface area contributed by atoms with E-state index in [4.69, 9.17) is 23.7 Å². The predicted octanol–water partition coefficient (Wildman–Crippen LogP) is 7.01. The van der Waals surface area contributed by atoms with E-state index in [-0.39, 0.29) is 100 Å². The Morgan fingerprint density at radius 2 is 1.73 bits per heavy atom. The fourth-order valence-corrected chi connectivity index (χ4v) is 8.69. The third-order valence-electron chi connectivity index (χ3n) is 12.5. The number of Topliss-reactive ketones (excluding diaryl/α,β-unsaturated/α-hetero) is 1. The van der Waals surface area contributed by atoms with Gasteiger partial charge in [-0.1, -0.05) is 103 Å². The Labute approximate surface area is 360 Å². The van der Waals surface area contributed by atoms with Crippen molar-refractivity contribution >= 4 is 17.7 Å². The molecule has 6 bridgehead atoms. The number of fused-ring (bicyclic) bond motifs is 6. The van der Waals surface area contributed by atoms with Gasteiger partial charge in [-0.25, -0.2) is 4.79 Å². The molecule has 0 aromatic carbocycles. The SMILES string of the molecule is C=C1C[C@H]2C[C-]3O[C@H](C[C@@H](O)CC(=O)O[C@@H](CO)C[C@@H]4C/C(=C\C(=O)OC)[C@H](CC(=O)CCCCCCC)[C@@](O)(O4)C(C)(C)/C=C/[C@@H](C1)O2)C[C@H](C)C3(C)C.[Y]. The third kappa shape index (κ3) is 13.1. The first-order chi connectivity index (χ1) is 25.9. The van der Waals surface area contributed by atoms with E-state index in [2.05, 4.69) is 34.3 Å². The number of cyclic esters (lactones) is 1. The second-order valence-electron chi connectivity index (χ2n) is 17.7. The van der Waals surface area contributed by atoms with E-state index >= 15 is 0 Å². The number of unbranched alkanes of at least 4 members (excludes halogenated alkanes) is 4. The summed E-state index contributed by atoms with van der Waals surface area (Å²) in [5, 5.41) is 34.3. The van der Waals surface area contributed by atoms with Crippen LogP contribution < -0.4 is 0 Å². The minimum atomic E-state index is -2.02. The second-order valence-corrected chi connectivity index (χ2v) is 17.7. The van der Waals surface area contributed by atoms with Crippen LogP contribution in [0.25, 0.3) is 0 Å². The number of carbonyl (C=O) groups is 3. The summed E-state index contributed by atoms with van der Waals surface area (Å²) in [5.41, 5.74) is 0.116. The van der Waals surface area contributed by atoms with Gasteiger partial charge >= 0.3 is 11.9 Å². The first kappa shape index (κ1) is 49.1. The topological polar surface area (TPSA) is 158 Å². The summed E-state index contributed by atoms with van der Waals surface area (Å²) in [7, 11) is 1.27. The predicted molar refractivity (Wildman–Crippen MR) is 208 cm³/mol. The van der Waals surface area contributed by atoms with Gasteiger partial charge in [0.05, 0.1) is 38.4 Å². The maximum atomic E-state index is 13.6. The van der Waals surface area contributed by atoms with Gasteiger partial charge < -0.3 is 39.0 Å². The van der Waals surface area contributed by atoms with Crippen LogP contribution in [0.1, 0.15) is 138 Å². The molecule has 56 heavy (non-hydrogen) atoms. The molecule has 0 unspecified atom stereocenters. The largest absolute Gasteiger partial charge is 0.546 e. The molecule has 4 heterocycles. The number of rotatable bonds is 10. The van der Waals surface area contributed by atoms with Crippen molar-refractivity contribution in [2.24, 2.45) is 22.7 Å². The third-order valence-corrected chi connectivity index (χ3v) is 12.5. The van der Waals surface area contributed by atoms with E-state index in [1.165, 1.54) is 13.2 Å². The van der Waals surface area contributed by atoms with E-state index in [0.717, 1.165) is 50.2 Å². The molecule has 0 saturated carbocycles. The molecule has 315 valence electrons. The Hall–Kier alpha value is -1.31. The molecule has 3 N–H and O–H groups in total. The standard InChI is InChI=1S/C44H69O11.Y/c1-9-10-11-12-13-14-31(46)23-38-30(21-40(48)51-8)20-36-25-37(27-45)54-41(49)24-32(47)22-35-19-29(3)43(6,7)39(53-35)26-34-18-28(2)17-33(52-34)15-16-42(4,5)44(38,50)55-36;/h15-16,21,29,32-38,45,47,50H,2,9-14,17-20,22-27H2,1,3-8H3;/q-1;/b16-15+,30-21+;/t29-,32+,33-,34-,35-,36-,37+,38-,44+;/m0./s1. The van der Waals surface area contributed by atoms with Gasteiger partial charge in [0.2, 0.25) is 0 Å². The molecule has 9 atom stereocenters. The number of methoxy groups -OCH3 is 1. The summed E-state index contributed by atoms with van der Waals surface area (Å²) in [5.74, 6) is -4.03. The fraction of sp³-hybridized carbons (Fsp3) is 0.773. The molecular weight excluding hydrogens is 793 g/mol. The van der Waals surface area contributed by atoms with Crippen LogP contribution in [-0.2, 0) is 70.8 Å². The molecular formula is C44H69O11Y-. The number of ether oxygens (including phenoxy) is 5. The van der Waals surface area contributed by atoms with Crippen LogP contribution in [0, 0.1) is 28.8 Å². The van der Waals surface area contributed by atoms with Crippen LogP contribution in [0.15, 0.2) is 36.0 Å². The molecule has 4 aliphatic heterocycles. The van der Waals surface area contributed by atoms with Crippen molar-refractivity contribution in [3.8, 4) is 0 Å². The molecule has 11 nitrogen and oxygen atoms in total. The maximum absolute atomic E-state index is 13.6. The van der Waals surface area contributed by atoms with Crippen molar-refractivity contribution in [2.75, 3.05) is 13.7 Å². The number of aliphatic hydroxyl groups is 3. The second kappa shape index (κ2) is 21.8. The number of ketones is 1. The van der Waals surface area contributed by atoms with Crippen LogP contribution in [0.5, 0.6) is 0 Å². The van der Waals surface area contributed by atoms with Gasteiger partial charge in [0.1, 0.15) is 11.9 Å². The molecule has 4 aliphatic rings. The normalized spacial score (nSPS) is 35.4. The number of hydrogen-bond donors (Lipinski definition) is 3. The van der Waals surface area contributed by atoms with E-state index in [1.54, 1.807) is 0 Å². The average molecular weight is 863 g/mol. The molecule has 0 aliphatic carbocycles. The van der Waals surface area contributed by atoms with Crippen LogP contribution in [0.2, 0.25) is 0 Å². The fourth-order valence-electron chi connectivity index (χ4n) is 8.69. The van der Waals surface area contributed by atoms with E-state index in [0.29, 0.717) is 31.3 Å². The Kier molecular flexibility index (Phi) is 19.1. The molecule has 3 saturated heterocycles. The Bertz CT molecular complexity index is 1390. The summed E-state index contributed by atoms with van der Waals surface area (Å²) in [4.78, 5) is 39.6. The van der Waals surface area contributed by atoms with Crippen LogP contribution >= 0.6 is 0 Å². The van der Waals surface area contributed by atoms with Crippen molar-refractivity contribution in [2.45, 2.75) is 180 Å². The number of esters is 2. The molecule has 12 heteroatoms. The smallest absolute Gasteiger partial charge is 0.330 e. The quantitative estimate of drug-likeness (QED) is 0.0683. The minimum Gasteiger partial charge on any atom is -0.546 e. The van der Waals surface area contributed by atoms with Crippen molar-refractivity contribution < 1.29 is 86.1 Å². The first-order valence-electron chi connectivity index (χ1n) is 20.6. The minimum absolute atomic E-state index is 0. The Balaban J connectivity index is 0.00000841. The average Bonchev–Trinajstić information content (AvgIpc) is 3.10. The monoisotopic (exact) mass is 862 g/mol. The van der Waals surface area contributed by atoms with Crippen molar-refractivity contribution in [3.05, 3.63) is 42.1 Å². The van der Waals surface area contributed by atoms with Crippen molar-refractivity contribution in [1.29, 1.82) is 0 Å². The summed E-state index contributed by atoms with van der Waals surface area (Å²) in [6.07, 6.45) is 10.0. The van der Waals surface area contributed by atoms with Gasteiger partial charge in [-0.05, 0) is 38.5 Å². The van der Waals surface area contributed by atoms with Gasteiger partial charge in [-0.3, -0.25) is 9.59 Å². The molecule has 0 spiro atoms. The molecule has 4 rings (SSSR count).